The number of nitrogens with zero attached hydrogens (tertiary/aromatic N) is 2. The maximum atomic E-state index is 14.5. The second-order valence-electron chi connectivity index (χ2n) is 5.55. The molecule has 0 N–H and O–H groups in total. The van der Waals surface area contributed by atoms with E-state index in [-0.39, 0.29) is 24.2 Å². The molecule has 0 spiro atoms. The van der Waals surface area contributed by atoms with Gasteiger partial charge in [0.1, 0.15) is 12.4 Å². The summed E-state index contributed by atoms with van der Waals surface area (Å²) in [6.07, 6.45) is -5.43. The molecule has 0 saturated carbocycles. The van der Waals surface area contributed by atoms with E-state index in [1.54, 1.807) is 12.1 Å². The second kappa shape index (κ2) is 7.24. The third kappa shape index (κ3) is 3.99. The highest BCUT2D eigenvalue weighted by Gasteiger charge is 2.35. The molecule has 0 aliphatic carbocycles. The van der Waals surface area contributed by atoms with Crippen molar-refractivity contribution < 1.29 is 27.1 Å². The van der Waals surface area contributed by atoms with E-state index in [2.05, 4.69) is 26.2 Å². The van der Waals surface area contributed by atoms with Gasteiger partial charge in [0.25, 0.3) is 5.91 Å². The quantitative estimate of drug-likeness (QED) is 0.632. The number of carbonyl (C=O) groups excluding carboxylic acids is 1. The van der Waals surface area contributed by atoms with Crippen molar-refractivity contribution in [3.05, 3.63) is 57.8 Å². The van der Waals surface area contributed by atoms with E-state index in [0.29, 0.717) is 16.1 Å². The Kier molecular flexibility index (Phi) is 5.19. The summed E-state index contributed by atoms with van der Waals surface area (Å²) >= 11 is 3.25. The molecule has 0 fully saturated rings. The fourth-order valence-corrected chi connectivity index (χ4v) is 2.94. The smallest absolute Gasteiger partial charge is 0.344 e. The van der Waals surface area contributed by atoms with E-state index in [9.17, 15) is 22.4 Å². The molecular weight excluding hydrogens is 420 g/mol. The lowest BCUT2D eigenvalue weighted by molar-refractivity contribution is -0.139. The first-order valence-electron chi connectivity index (χ1n) is 7.45. The molecule has 1 aliphatic heterocycles. The summed E-state index contributed by atoms with van der Waals surface area (Å²) in [6.45, 7) is -0.224. The van der Waals surface area contributed by atoms with Crippen molar-refractivity contribution >= 4 is 21.8 Å². The lowest BCUT2D eigenvalue weighted by Crippen LogP contribution is -2.22. The average Bonchev–Trinajstić information content (AvgIpc) is 2.58. The number of hydrogen-bond acceptors (Lipinski definition) is 3. The highest BCUT2D eigenvalue weighted by Crippen LogP contribution is 2.37. The van der Waals surface area contributed by atoms with Crippen molar-refractivity contribution in [2.24, 2.45) is 10.2 Å². The van der Waals surface area contributed by atoms with Crippen molar-refractivity contribution in [3.8, 4) is 11.1 Å². The number of ether oxygens (including phenoxy) is 1. The largest absolute Gasteiger partial charge is 0.419 e. The van der Waals surface area contributed by atoms with Crippen LogP contribution in [-0.2, 0) is 22.1 Å². The molecule has 1 aliphatic rings. The molecule has 0 bridgehead atoms. The van der Waals surface area contributed by atoms with Crippen LogP contribution in [0.5, 0.6) is 0 Å². The van der Waals surface area contributed by atoms with Gasteiger partial charge >= 0.3 is 6.18 Å². The summed E-state index contributed by atoms with van der Waals surface area (Å²) < 4.78 is 59.4. The van der Waals surface area contributed by atoms with Crippen LogP contribution in [0.1, 0.15) is 11.1 Å². The third-order valence-electron chi connectivity index (χ3n) is 3.76. The van der Waals surface area contributed by atoms with Crippen LogP contribution in [0, 0.1) is 5.82 Å². The molecule has 1 unspecified atom stereocenters. The minimum absolute atomic E-state index is 0.134. The van der Waals surface area contributed by atoms with Crippen LogP contribution in [0.2, 0.25) is 0 Å². The third-order valence-corrected chi connectivity index (χ3v) is 4.25. The Bertz CT molecular complexity index is 884. The number of azo groups is 1. The summed E-state index contributed by atoms with van der Waals surface area (Å²) in [6, 6.07) is 7.97. The molecule has 4 nitrogen and oxygen atoms in total. The van der Waals surface area contributed by atoms with Gasteiger partial charge in [0, 0.05) is 16.5 Å². The van der Waals surface area contributed by atoms with Crippen molar-refractivity contribution in [1.82, 2.24) is 0 Å². The van der Waals surface area contributed by atoms with Crippen LogP contribution in [0.15, 0.2) is 51.1 Å². The van der Waals surface area contributed by atoms with Gasteiger partial charge in [-0.25, -0.2) is 4.39 Å². The van der Waals surface area contributed by atoms with E-state index in [0.717, 1.165) is 6.07 Å². The molecule has 9 heteroatoms. The Morgan fingerprint density at radius 2 is 1.96 bits per heavy atom. The van der Waals surface area contributed by atoms with E-state index in [1.807, 2.05) is 0 Å². The molecule has 1 heterocycles. The number of benzene rings is 2. The Hall–Kier alpha value is -2.13. The van der Waals surface area contributed by atoms with E-state index < -0.39 is 29.7 Å². The lowest BCUT2D eigenvalue weighted by Gasteiger charge is -2.18. The van der Waals surface area contributed by atoms with Gasteiger partial charge in [0.05, 0.1) is 5.56 Å². The molecule has 3 rings (SSSR count). The summed E-state index contributed by atoms with van der Waals surface area (Å²) in [5.41, 5.74) is -0.719. The van der Waals surface area contributed by atoms with Crippen molar-refractivity contribution in [3.63, 3.8) is 0 Å². The maximum Gasteiger partial charge on any atom is 0.419 e. The monoisotopic (exact) mass is 430 g/mol. The summed E-state index contributed by atoms with van der Waals surface area (Å²) in [4.78, 5) is 11.0. The van der Waals surface area contributed by atoms with Gasteiger partial charge in [-0.15, -0.1) is 5.11 Å². The normalized spacial score (nSPS) is 17.6. The van der Waals surface area contributed by atoms with Crippen molar-refractivity contribution in [2.75, 3.05) is 6.61 Å². The summed E-state index contributed by atoms with van der Waals surface area (Å²) in [7, 11) is 0. The minimum atomic E-state index is -4.80. The SMILES string of the molecule is O=C1COC(Cc2ccc(Br)cc2-c2cccc(C(F)(F)F)c2F)N=N1. The summed E-state index contributed by atoms with van der Waals surface area (Å²) in [5.74, 6) is -1.86. The molecule has 1 atom stereocenters. The number of amides is 1. The van der Waals surface area contributed by atoms with Crippen LogP contribution in [-0.4, -0.2) is 18.7 Å². The van der Waals surface area contributed by atoms with Crippen LogP contribution in [0.4, 0.5) is 17.6 Å². The molecule has 0 radical (unpaired) electrons. The second-order valence-corrected chi connectivity index (χ2v) is 6.46. The molecule has 2 aromatic carbocycles. The van der Waals surface area contributed by atoms with Crippen LogP contribution in [0.3, 0.4) is 0 Å². The summed E-state index contributed by atoms with van der Waals surface area (Å²) in [5, 5.41) is 7.13. The van der Waals surface area contributed by atoms with Crippen molar-refractivity contribution in [2.45, 2.75) is 18.8 Å². The average molecular weight is 431 g/mol. The van der Waals surface area contributed by atoms with Crippen LogP contribution in [0.25, 0.3) is 11.1 Å². The number of carbonyl (C=O) groups is 1. The van der Waals surface area contributed by atoms with Gasteiger partial charge in [-0.3, -0.25) is 4.79 Å². The number of rotatable bonds is 3. The molecule has 0 aromatic heterocycles. The number of alkyl halides is 3. The molecule has 26 heavy (non-hydrogen) atoms. The topological polar surface area (TPSA) is 51.0 Å². The zero-order chi connectivity index (χ0) is 18.9. The maximum absolute atomic E-state index is 14.5. The van der Waals surface area contributed by atoms with E-state index in [4.69, 9.17) is 4.74 Å². The predicted octanol–water partition coefficient (Wildman–Crippen LogP) is 5.15. The number of halogens is 5. The molecule has 136 valence electrons. The first kappa shape index (κ1) is 18.7. The van der Waals surface area contributed by atoms with Crippen LogP contribution >= 0.6 is 15.9 Å². The van der Waals surface area contributed by atoms with Gasteiger partial charge in [-0.1, -0.05) is 34.1 Å². The Morgan fingerprint density at radius 1 is 1.19 bits per heavy atom. The zero-order valence-corrected chi connectivity index (χ0v) is 14.6. The fraction of sp³-hybridized carbons (Fsp3) is 0.235. The first-order valence-corrected chi connectivity index (χ1v) is 8.25. The van der Waals surface area contributed by atoms with Gasteiger partial charge in [-0.05, 0) is 29.3 Å². The van der Waals surface area contributed by atoms with Gasteiger partial charge in [0.15, 0.2) is 6.23 Å². The highest BCUT2D eigenvalue weighted by molar-refractivity contribution is 9.10. The van der Waals surface area contributed by atoms with E-state index >= 15 is 0 Å². The minimum Gasteiger partial charge on any atom is -0.344 e. The van der Waals surface area contributed by atoms with Gasteiger partial charge in [0.2, 0.25) is 0 Å². The molecule has 2 aromatic rings. The molecule has 0 saturated heterocycles. The molecular formula is C17H11BrF4N2O2. The van der Waals surface area contributed by atoms with Gasteiger partial charge in [-0.2, -0.15) is 18.3 Å². The lowest BCUT2D eigenvalue weighted by atomic mass is 9.95. The Morgan fingerprint density at radius 3 is 2.62 bits per heavy atom. The zero-order valence-electron chi connectivity index (χ0n) is 13.1. The van der Waals surface area contributed by atoms with E-state index in [1.165, 1.54) is 12.1 Å². The first-order chi connectivity index (χ1) is 12.3. The highest BCUT2D eigenvalue weighted by atomic mass is 79.9. The predicted molar refractivity (Wildman–Crippen MR) is 87.8 cm³/mol. The standard InChI is InChI=1S/C17H11BrF4N2O2/c18-10-5-4-9(6-15-24-23-14(25)8-26-15)12(7-10)11-2-1-3-13(16(11)19)17(20,21)22/h1-5,7,15H,6,8H2. The number of hydrogen-bond donors (Lipinski definition) is 0. The van der Waals surface area contributed by atoms with Crippen molar-refractivity contribution in [1.29, 1.82) is 0 Å². The fourth-order valence-electron chi connectivity index (χ4n) is 2.58. The van der Waals surface area contributed by atoms with Gasteiger partial charge < -0.3 is 4.74 Å². The Labute approximate surface area is 154 Å². The van der Waals surface area contributed by atoms with Crippen LogP contribution < -0.4 is 0 Å². The molecule has 1 amide bonds. The Balaban J connectivity index is 2.04.